The molecule has 5 N–H and O–H groups in total. The van der Waals surface area contributed by atoms with Gasteiger partial charge >= 0.3 is 11.9 Å². The molecule has 4 atom stereocenters. The molecule has 0 radical (unpaired) electrons. The minimum Gasteiger partial charge on any atom is -0.493 e. The fourth-order valence-corrected chi connectivity index (χ4v) is 4.56. The number of benzene rings is 1. The molecule has 0 aliphatic carbocycles. The van der Waals surface area contributed by atoms with Crippen molar-refractivity contribution < 1.29 is 41.4 Å². The Hall–Kier alpha value is -3.92. The number of nitrogens with one attached hydrogen (secondary N) is 2. The molecular weight excluding hydrogens is 477 g/mol. The number of nitrogens with zero attached hydrogens (tertiary/aromatic N) is 2. The summed E-state index contributed by atoms with van der Waals surface area (Å²) in [5.41, 5.74) is 2.27. The quantitative estimate of drug-likeness (QED) is 0.111. The Bertz CT molecular complexity index is 1380. The average molecular weight is 496 g/mol. The molecule has 184 valence electrons. The number of alkyl halides is 3. The number of rotatable bonds is 4. The number of methoxy groups -OCH3 is 1. The summed E-state index contributed by atoms with van der Waals surface area (Å²) in [6, 6.07) is 3.21. The zero-order valence-electron chi connectivity index (χ0n) is 18.2. The van der Waals surface area contributed by atoms with E-state index in [0.717, 1.165) is 25.4 Å². The number of fused-ring (bicyclic) bond motifs is 1. The number of aromatic amines is 1. The van der Waals surface area contributed by atoms with Crippen molar-refractivity contribution in [1.82, 2.24) is 9.97 Å². The second kappa shape index (κ2) is 8.09. The maximum atomic E-state index is 14.5. The van der Waals surface area contributed by atoms with Crippen LogP contribution in [0, 0.1) is 35.3 Å². The Morgan fingerprint density at radius 1 is 1.37 bits per heavy atom. The molecule has 3 heterocycles. The van der Waals surface area contributed by atoms with Gasteiger partial charge in [-0.05, 0) is 6.07 Å². The molecule has 8 nitrogen and oxygen atoms in total. The highest BCUT2D eigenvalue weighted by atomic mass is 19.4. The Morgan fingerprint density at radius 3 is 2.63 bits per heavy atom. The molecule has 2 aromatic heterocycles. The van der Waals surface area contributed by atoms with Crippen LogP contribution in [0.15, 0.2) is 24.4 Å². The Morgan fingerprint density at radius 2 is 2.06 bits per heavy atom. The summed E-state index contributed by atoms with van der Waals surface area (Å²) in [5, 5.41) is 17.7. The first-order valence-electron chi connectivity index (χ1n) is 10.1. The molecule has 0 unspecified atom stereocenters. The predicted molar refractivity (Wildman–Crippen MR) is 111 cm³/mol. The zero-order chi connectivity index (χ0) is 25.9. The number of ether oxygens (including phenoxy) is 2. The summed E-state index contributed by atoms with van der Waals surface area (Å²) < 4.78 is 82.2. The monoisotopic (exact) mass is 496 g/mol. The van der Waals surface area contributed by atoms with Crippen LogP contribution in [0.3, 0.4) is 0 Å². The van der Waals surface area contributed by atoms with Crippen LogP contribution in [0.5, 0.6) is 5.75 Å². The van der Waals surface area contributed by atoms with Crippen LogP contribution < -0.4 is 15.2 Å². The zero-order valence-corrected chi connectivity index (χ0v) is 18.2. The van der Waals surface area contributed by atoms with Gasteiger partial charge in [-0.15, -0.1) is 6.42 Å². The number of terminal acetylenes is 1. The average Bonchev–Trinajstić information content (AvgIpc) is 3.34. The Labute approximate surface area is 194 Å². The summed E-state index contributed by atoms with van der Waals surface area (Å²) in [6.45, 7) is 1.18. The first-order valence-corrected chi connectivity index (χ1v) is 10.1. The number of H-pyrrole nitrogens is 1. The van der Waals surface area contributed by atoms with Crippen LogP contribution in [-0.2, 0) is 4.74 Å². The van der Waals surface area contributed by atoms with Gasteiger partial charge in [-0.25, -0.2) is 9.37 Å². The lowest BCUT2D eigenvalue weighted by Crippen LogP contribution is -2.48. The molecule has 1 aromatic carbocycles. The molecule has 0 spiro atoms. The maximum absolute atomic E-state index is 14.5. The van der Waals surface area contributed by atoms with Gasteiger partial charge in [0, 0.05) is 28.2 Å². The lowest BCUT2D eigenvalue weighted by molar-refractivity contribution is -0.904. The van der Waals surface area contributed by atoms with Gasteiger partial charge < -0.3 is 20.2 Å². The number of nitrogen functional groups attached to an aromatic ring is 1. The standard InChI is InChI=1S/C22H18F5N5O3/c1-4-21(22(25,26)27)9(2)13(10-5-6-11(23)14(24)17(10)34-3)18(35-21)20-30-12-7-8-32(33)16(19(28)29)15(12)31-20/h1,5-9,13,18,33H,2-3H3,(H3,28,29)/p+1/t9-,13-,18+,21+/m0/s1. The molecular formula is C22H19F5N5O3+. The van der Waals surface area contributed by atoms with E-state index in [4.69, 9.17) is 27.0 Å². The molecule has 35 heavy (non-hydrogen) atoms. The van der Waals surface area contributed by atoms with E-state index in [2.05, 4.69) is 9.97 Å². The minimum atomic E-state index is -5.04. The van der Waals surface area contributed by atoms with E-state index in [9.17, 15) is 27.2 Å². The second-order valence-corrected chi connectivity index (χ2v) is 8.02. The van der Waals surface area contributed by atoms with Gasteiger partial charge in [0.05, 0.1) is 12.6 Å². The molecule has 1 saturated heterocycles. The minimum absolute atomic E-state index is 0.0324. The molecule has 13 heteroatoms. The van der Waals surface area contributed by atoms with Crippen molar-refractivity contribution >= 4 is 16.9 Å². The number of nitrogens with two attached hydrogens (primary N) is 1. The molecule has 3 aromatic rings. The number of aromatic nitrogens is 3. The van der Waals surface area contributed by atoms with E-state index in [0.29, 0.717) is 4.73 Å². The lowest BCUT2D eigenvalue weighted by Gasteiger charge is -2.30. The molecule has 0 amide bonds. The lowest BCUT2D eigenvalue weighted by atomic mass is 9.76. The van der Waals surface area contributed by atoms with Crippen LogP contribution in [0.1, 0.15) is 36.0 Å². The topological polar surface area (TPSA) is 121 Å². The summed E-state index contributed by atoms with van der Waals surface area (Å²) in [6.07, 6.45) is -0.0914. The highest BCUT2D eigenvalue weighted by Crippen LogP contribution is 2.59. The number of amidine groups is 1. The van der Waals surface area contributed by atoms with Crippen LogP contribution in [0.4, 0.5) is 22.0 Å². The van der Waals surface area contributed by atoms with E-state index in [1.54, 1.807) is 5.92 Å². The molecule has 1 fully saturated rings. The van der Waals surface area contributed by atoms with E-state index in [1.807, 2.05) is 0 Å². The number of hydrogen-bond acceptors (Lipinski definition) is 5. The normalized spacial score (nSPS) is 24.5. The van der Waals surface area contributed by atoms with Gasteiger partial charge in [-0.3, -0.25) is 10.6 Å². The fourth-order valence-electron chi connectivity index (χ4n) is 4.56. The van der Waals surface area contributed by atoms with Gasteiger partial charge in [0.2, 0.25) is 17.6 Å². The number of halogens is 5. The summed E-state index contributed by atoms with van der Waals surface area (Å²) in [4.78, 5) is 7.04. The fraction of sp³-hybridized carbons (Fsp3) is 0.318. The first kappa shape index (κ1) is 24.2. The van der Waals surface area contributed by atoms with E-state index < -0.39 is 52.9 Å². The summed E-state index contributed by atoms with van der Waals surface area (Å²) in [5.74, 6) is -5.07. The SMILES string of the molecule is C#C[C@@]1(C(F)(F)F)O[C@@H](c2nc3c(C(=N)N)[n+](O)ccc3[nH]2)[C@H](c2ccc(F)c(F)c2OC)[C@@H]1C. The summed E-state index contributed by atoms with van der Waals surface area (Å²) >= 11 is 0. The van der Waals surface area contributed by atoms with Crippen molar-refractivity contribution in [2.24, 2.45) is 11.7 Å². The number of imidazole rings is 1. The summed E-state index contributed by atoms with van der Waals surface area (Å²) in [7, 11) is 1.05. The third kappa shape index (κ3) is 3.44. The van der Waals surface area contributed by atoms with Crippen LogP contribution in [0.25, 0.3) is 11.0 Å². The third-order valence-electron chi connectivity index (χ3n) is 6.21. The van der Waals surface area contributed by atoms with Crippen LogP contribution in [-0.4, -0.2) is 39.9 Å². The number of hydrogen-bond donors (Lipinski definition) is 4. The first-order chi connectivity index (χ1) is 16.4. The van der Waals surface area contributed by atoms with Crippen molar-refractivity contribution in [3.8, 4) is 18.1 Å². The Kier molecular flexibility index (Phi) is 5.60. The van der Waals surface area contributed by atoms with Gasteiger partial charge in [0.25, 0.3) is 0 Å². The Balaban J connectivity index is 1.99. The molecule has 4 rings (SSSR count). The van der Waals surface area contributed by atoms with E-state index in [1.165, 1.54) is 13.0 Å². The van der Waals surface area contributed by atoms with Gasteiger partial charge in [-0.1, -0.05) is 18.9 Å². The van der Waals surface area contributed by atoms with Crippen molar-refractivity contribution in [2.75, 3.05) is 7.11 Å². The van der Waals surface area contributed by atoms with E-state index >= 15 is 0 Å². The van der Waals surface area contributed by atoms with Crippen LogP contribution >= 0.6 is 0 Å². The highest BCUT2D eigenvalue weighted by molar-refractivity contribution is 6.01. The van der Waals surface area contributed by atoms with E-state index in [-0.39, 0.29) is 28.1 Å². The highest BCUT2D eigenvalue weighted by Gasteiger charge is 2.67. The van der Waals surface area contributed by atoms with Crippen molar-refractivity contribution in [3.05, 3.63) is 53.1 Å². The number of pyridine rings is 1. The van der Waals surface area contributed by atoms with Crippen molar-refractivity contribution in [3.63, 3.8) is 0 Å². The molecule has 0 bridgehead atoms. The second-order valence-electron chi connectivity index (χ2n) is 8.02. The molecule has 0 saturated carbocycles. The third-order valence-corrected chi connectivity index (χ3v) is 6.21. The van der Waals surface area contributed by atoms with Crippen molar-refractivity contribution in [2.45, 2.75) is 30.7 Å². The van der Waals surface area contributed by atoms with Crippen molar-refractivity contribution in [1.29, 1.82) is 5.41 Å². The predicted octanol–water partition coefficient (Wildman–Crippen LogP) is 3.08. The van der Waals surface area contributed by atoms with Gasteiger partial charge in [-0.2, -0.15) is 17.6 Å². The van der Waals surface area contributed by atoms with Gasteiger partial charge in [0.15, 0.2) is 22.9 Å². The molecule has 1 aliphatic rings. The maximum Gasteiger partial charge on any atom is 0.429 e. The smallest absolute Gasteiger partial charge is 0.429 e. The van der Waals surface area contributed by atoms with Gasteiger partial charge in [0.1, 0.15) is 11.9 Å². The largest absolute Gasteiger partial charge is 0.493 e. The molecule has 1 aliphatic heterocycles. The van der Waals surface area contributed by atoms with Crippen LogP contribution in [0.2, 0.25) is 0 Å².